The van der Waals surface area contributed by atoms with Gasteiger partial charge >= 0.3 is 6.03 Å². The summed E-state index contributed by atoms with van der Waals surface area (Å²) in [6.07, 6.45) is 0.428. The Morgan fingerprint density at radius 3 is 2.14 bits per heavy atom. The topological polar surface area (TPSA) is 102 Å². The molecule has 1 aliphatic rings. The normalized spacial score (nSPS) is 17.5. The largest absolute Gasteiger partial charge is 0.395 e. The van der Waals surface area contributed by atoms with Crippen LogP contribution in [0.25, 0.3) is 0 Å². The quantitative estimate of drug-likeness (QED) is 0.494. The molecule has 0 aromatic heterocycles. The van der Waals surface area contributed by atoms with E-state index in [4.69, 9.17) is 10.2 Å². The van der Waals surface area contributed by atoms with Crippen LogP contribution in [0.2, 0.25) is 0 Å². The van der Waals surface area contributed by atoms with Gasteiger partial charge < -0.3 is 20.4 Å². The average Bonchev–Trinajstić information content (AvgIpc) is 2.77. The van der Waals surface area contributed by atoms with Gasteiger partial charge in [-0.05, 0) is 17.7 Å². The Balaban J connectivity index is 2.01. The number of hydrogen-bond acceptors (Lipinski definition) is 5. The maximum Gasteiger partial charge on any atom is 0.322 e. The molecule has 7 heteroatoms. The van der Waals surface area contributed by atoms with E-state index in [-0.39, 0.29) is 19.1 Å². The molecule has 21 heavy (non-hydrogen) atoms. The molecule has 1 heterocycles. The van der Waals surface area contributed by atoms with Crippen molar-refractivity contribution >= 4 is 17.6 Å². The van der Waals surface area contributed by atoms with Gasteiger partial charge in [-0.1, -0.05) is 12.1 Å². The fourth-order valence-corrected chi connectivity index (χ4v) is 2.29. The SMILES string of the molecule is O=C1NC(=O)C(Cc2ccc(N(CCO)CCO)cc2)N1. The molecule has 3 amide bonds. The summed E-state index contributed by atoms with van der Waals surface area (Å²) in [5.74, 6) is -0.314. The third kappa shape index (κ3) is 3.93. The van der Waals surface area contributed by atoms with E-state index in [0.717, 1.165) is 11.3 Å². The minimum absolute atomic E-state index is 0.00995. The van der Waals surface area contributed by atoms with Crippen molar-refractivity contribution in [1.82, 2.24) is 10.6 Å². The number of aliphatic hydroxyl groups excluding tert-OH is 2. The highest BCUT2D eigenvalue weighted by Crippen LogP contribution is 2.16. The number of aliphatic hydroxyl groups is 2. The van der Waals surface area contributed by atoms with Crippen molar-refractivity contribution in [1.29, 1.82) is 0 Å². The highest BCUT2D eigenvalue weighted by atomic mass is 16.3. The van der Waals surface area contributed by atoms with Crippen molar-refractivity contribution in [2.75, 3.05) is 31.2 Å². The third-order valence-corrected chi connectivity index (χ3v) is 3.34. The Kier molecular flexibility index (Phi) is 5.13. The second-order valence-electron chi connectivity index (χ2n) is 4.82. The molecule has 1 unspecified atom stereocenters. The number of anilines is 1. The van der Waals surface area contributed by atoms with E-state index in [1.165, 1.54) is 0 Å². The number of urea groups is 1. The van der Waals surface area contributed by atoms with E-state index >= 15 is 0 Å². The zero-order chi connectivity index (χ0) is 15.2. The van der Waals surface area contributed by atoms with Gasteiger partial charge in [-0.25, -0.2) is 4.79 Å². The van der Waals surface area contributed by atoms with Crippen molar-refractivity contribution in [2.45, 2.75) is 12.5 Å². The van der Waals surface area contributed by atoms with Gasteiger partial charge in [0, 0.05) is 25.2 Å². The van der Waals surface area contributed by atoms with Gasteiger partial charge in [0.05, 0.1) is 13.2 Å². The van der Waals surface area contributed by atoms with E-state index in [1.54, 1.807) is 0 Å². The van der Waals surface area contributed by atoms with Crippen LogP contribution >= 0.6 is 0 Å². The monoisotopic (exact) mass is 293 g/mol. The number of imide groups is 1. The molecule has 0 saturated carbocycles. The molecule has 4 N–H and O–H groups in total. The van der Waals surface area contributed by atoms with Gasteiger partial charge in [-0.15, -0.1) is 0 Å². The summed E-state index contributed by atoms with van der Waals surface area (Å²) in [5.41, 5.74) is 1.82. The molecule has 7 nitrogen and oxygen atoms in total. The van der Waals surface area contributed by atoms with E-state index in [9.17, 15) is 9.59 Å². The van der Waals surface area contributed by atoms with Crippen LogP contribution in [0, 0.1) is 0 Å². The van der Waals surface area contributed by atoms with Gasteiger partial charge in [-0.3, -0.25) is 10.1 Å². The van der Waals surface area contributed by atoms with Crippen LogP contribution in [-0.2, 0) is 11.2 Å². The first-order valence-electron chi connectivity index (χ1n) is 6.81. The van der Waals surface area contributed by atoms with Crippen molar-refractivity contribution in [3.8, 4) is 0 Å². The highest BCUT2D eigenvalue weighted by Gasteiger charge is 2.29. The number of nitrogens with one attached hydrogen (secondary N) is 2. The van der Waals surface area contributed by atoms with Crippen LogP contribution in [-0.4, -0.2) is 54.5 Å². The second kappa shape index (κ2) is 7.05. The number of carbonyl (C=O) groups excluding carboxylic acids is 2. The second-order valence-corrected chi connectivity index (χ2v) is 4.82. The standard InChI is InChI=1S/C14H19N3O4/c18-7-5-17(6-8-19)11-3-1-10(2-4-11)9-12-13(20)16-14(21)15-12/h1-4,12,18-19H,5-9H2,(H2,15,16,20,21). The zero-order valence-electron chi connectivity index (χ0n) is 11.6. The summed E-state index contributed by atoms with van der Waals surface area (Å²) >= 11 is 0. The van der Waals surface area contributed by atoms with Gasteiger partial charge in [0.1, 0.15) is 6.04 Å². The van der Waals surface area contributed by atoms with Crippen molar-refractivity contribution in [3.63, 3.8) is 0 Å². The van der Waals surface area contributed by atoms with Crippen LogP contribution in [0.3, 0.4) is 0 Å². The van der Waals surface area contributed by atoms with E-state index in [0.29, 0.717) is 19.5 Å². The lowest BCUT2D eigenvalue weighted by Crippen LogP contribution is -2.31. The van der Waals surface area contributed by atoms with Gasteiger partial charge in [-0.2, -0.15) is 0 Å². The first kappa shape index (κ1) is 15.3. The maximum atomic E-state index is 11.5. The lowest BCUT2D eigenvalue weighted by molar-refractivity contribution is -0.120. The molecular weight excluding hydrogens is 274 g/mol. The van der Waals surface area contributed by atoms with Gasteiger partial charge in [0.25, 0.3) is 5.91 Å². The van der Waals surface area contributed by atoms with Crippen LogP contribution in [0.4, 0.5) is 10.5 Å². The third-order valence-electron chi connectivity index (χ3n) is 3.34. The Labute approximate surface area is 122 Å². The smallest absolute Gasteiger partial charge is 0.322 e. The summed E-state index contributed by atoms with van der Waals surface area (Å²) in [4.78, 5) is 24.4. The molecule has 0 aliphatic carbocycles. The molecule has 1 atom stereocenters. The van der Waals surface area contributed by atoms with Crippen LogP contribution < -0.4 is 15.5 Å². The maximum absolute atomic E-state index is 11.5. The molecule has 1 fully saturated rings. The molecule has 2 rings (SSSR count). The number of carbonyl (C=O) groups is 2. The van der Waals surface area contributed by atoms with Gasteiger partial charge in [0.2, 0.25) is 0 Å². The molecule has 0 radical (unpaired) electrons. The van der Waals surface area contributed by atoms with Gasteiger partial charge in [0.15, 0.2) is 0 Å². The van der Waals surface area contributed by atoms with Crippen molar-refractivity contribution in [2.24, 2.45) is 0 Å². The Morgan fingerprint density at radius 1 is 1.05 bits per heavy atom. The fraction of sp³-hybridized carbons (Fsp3) is 0.429. The van der Waals surface area contributed by atoms with Crippen molar-refractivity contribution < 1.29 is 19.8 Å². The fourth-order valence-electron chi connectivity index (χ4n) is 2.29. The first-order chi connectivity index (χ1) is 10.1. The highest BCUT2D eigenvalue weighted by molar-refractivity contribution is 6.04. The number of rotatable bonds is 7. The Hall–Kier alpha value is -2.12. The lowest BCUT2D eigenvalue weighted by Gasteiger charge is -2.23. The lowest BCUT2D eigenvalue weighted by atomic mass is 10.1. The minimum Gasteiger partial charge on any atom is -0.395 e. The molecule has 114 valence electrons. The summed E-state index contributed by atoms with van der Waals surface area (Å²) in [6.45, 7) is 0.911. The van der Waals surface area contributed by atoms with Crippen LogP contribution in [0.5, 0.6) is 0 Å². The molecule has 0 spiro atoms. The van der Waals surface area contributed by atoms with E-state index in [1.807, 2.05) is 29.2 Å². The molecular formula is C14H19N3O4. The van der Waals surface area contributed by atoms with E-state index < -0.39 is 12.1 Å². The Bertz CT molecular complexity index is 497. The predicted molar refractivity (Wildman–Crippen MR) is 77.0 cm³/mol. The minimum atomic E-state index is -0.533. The Morgan fingerprint density at radius 2 is 1.67 bits per heavy atom. The summed E-state index contributed by atoms with van der Waals surface area (Å²) in [7, 11) is 0. The summed E-state index contributed by atoms with van der Waals surface area (Å²) < 4.78 is 0. The zero-order valence-corrected chi connectivity index (χ0v) is 11.6. The predicted octanol–water partition coefficient (Wildman–Crippen LogP) is -0.772. The van der Waals surface area contributed by atoms with Crippen LogP contribution in [0.1, 0.15) is 5.56 Å². The average molecular weight is 293 g/mol. The summed E-state index contributed by atoms with van der Waals surface area (Å²) in [5, 5.41) is 22.8. The number of nitrogens with zero attached hydrogens (tertiary/aromatic N) is 1. The van der Waals surface area contributed by atoms with E-state index in [2.05, 4.69) is 10.6 Å². The number of hydrogen-bond donors (Lipinski definition) is 4. The number of amides is 3. The molecule has 1 aromatic carbocycles. The first-order valence-corrected chi connectivity index (χ1v) is 6.81. The number of benzene rings is 1. The van der Waals surface area contributed by atoms with Crippen molar-refractivity contribution in [3.05, 3.63) is 29.8 Å². The molecule has 1 aliphatic heterocycles. The molecule has 1 saturated heterocycles. The molecule has 1 aromatic rings. The summed E-state index contributed by atoms with van der Waals surface area (Å²) in [6, 6.07) is 6.49. The van der Waals surface area contributed by atoms with Crippen LogP contribution in [0.15, 0.2) is 24.3 Å². The molecule has 0 bridgehead atoms.